The van der Waals surface area contributed by atoms with Crippen molar-refractivity contribution in [2.24, 2.45) is 5.92 Å². The number of amides is 7. The molecule has 63 heavy (non-hydrogen) atoms. The van der Waals surface area contributed by atoms with Crippen LogP contribution in [0.4, 0.5) is 4.79 Å². The first-order valence-electron chi connectivity index (χ1n) is 19.8. The standard InChI is InChI=1S/C41H55N7O15/c1-22(2)18-30(38(58)48-31(19-25-10-12-27(49)13-11-25)39(59)46-29(40(60)61)15-17-34(53)54)47-36(56)24(4)43-37(57)28(14-16-33(51)52)45-32(50)20-42-35(55)23(3)44-41(62)63-21-26-8-6-5-7-9-26/h5-13,22-24,28-31,49H,14-21H2,1-4H3,(H,42,55)(H,43,57)(H,44,62)(H,45,50)(H,46,59)(H,47,56)(H,48,58)(H,51,52)(H,53,54)(H,60,61)/t23-,24-,28-,29-,30-,31-/m0/s1. The summed E-state index contributed by atoms with van der Waals surface area (Å²) >= 11 is 0. The lowest BCUT2D eigenvalue weighted by molar-refractivity contribution is -0.143. The molecule has 0 bridgehead atoms. The third kappa shape index (κ3) is 20.2. The average Bonchev–Trinajstić information content (AvgIpc) is 3.22. The molecule has 0 spiro atoms. The van der Waals surface area contributed by atoms with Crippen molar-refractivity contribution in [2.75, 3.05) is 6.54 Å². The SMILES string of the molecule is CC(C)C[C@H](NC(=O)[C@H](C)NC(=O)[C@H](CCC(=O)O)NC(=O)CNC(=O)[C@H](C)NC(=O)OCc1ccccc1)C(=O)N[C@@H](Cc1ccc(O)cc1)C(=O)N[C@@H](CCC(=O)O)C(=O)O. The van der Waals surface area contributed by atoms with Crippen molar-refractivity contribution < 1.29 is 73.1 Å². The van der Waals surface area contributed by atoms with Crippen LogP contribution in [0.1, 0.15) is 70.9 Å². The van der Waals surface area contributed by atoms with Crippen LogP contribution in [0.2, 0.25) is 0 Å². The van der Waals surface area contributed by atoms with Gasteiger partial charge in [0.25, 0.3) is 0 Å². The first kappa shape index (κ1) is 51.9. The molecule has 11 N–H and O–H groups in total. The molecular formula is C41H55N7O15. The van der Waals surface area contributed by atoms with Gasteiger partial charge in [-0.15, -0.1) is 0 Å². The van der Waals surface area contributed by atoms with Gasteiger partial charge >= 0.3 is 24.0 Å². The highest BCUT2D eigenvalue weighted by Gasteiger charge is 2.32. The number of aliphatic carboxylic acids is 3. The fourth-order valence-electron chi connectivity index (χ4n) is 5.64. The number of benzene rings is 2. The number of nitrogens with one attached hydrogen (secondary N) is 7. The van der Waals surface area contributed by atoms with Gasteiger partial charge in [-0.2, -0.15) is 0 Å². The molecule has 0 aliphatic heterocycles. The predicted molar refractivity (Wildman–Crippen MR) is 220 cm³/mol. The Bertz CT molecular complexity index is 1930. The summed E-state index contributed by atoms with van der Waals surface area (Å²) in [5.74, 6) is -9.90. The molecule has 2 rings (SSSR count). The van der Waals surface area contributed by atoms with Crippen LogP contribution < -0.4 is 37.2 Å². The quantitative estimate of drug-likeness (QED) is 0.0576. The Morgan fingerprint density at radius 2 is 1.08 bits per heavy atom. The molecular weight excluding hydrogens is 830 g/mol. The van der Waals surface area contributed by atoms with Crippen molar-refractivity contribution in [1.29, 1.82) is 0 Å². The van der Waals surface area contributed by atoms with Gasteiger partial charge in [-0.05, 0) is 62.3 Å². The third-order valence-electron chi connectivity index (χ3n) is 9.02. The Labute approximate surface area is 362 Å². The zero-order valence-electron chi connectivity index (χ0n) is 35.2. The number of phenols is 1. The second-order valence-corrected chi connectivity index (χ2v) is 14.9. The highest BCUT2D eigenvalue weighted by atomic mass is 16.5. The van der Waals surface area contributed by atoms with E-state index in [-0.39, 0.29) is 31.1 Å². The first-order valence-corrected chi connectivity index (χ1v) is 19.8. The fourth-order valence-corrected chi connectivity index (χ4v) is 5.64. The minimum Gasteiger partial charge on any atom is -0.508 e. The topological polar surface area (TPSA) is 345 Å². The molecule has 0 aromatic heterocycles. The van der Waals surface area contributed by atoms with Crippen molar-refractivity contribution in [3.8, 4) is 5.75 Å². The molecule has 0 radical (unpaired) electrons. The van der Waals surface area contributed by atoms with Gasteiger partial charge in [-0.25, -0.2) is 9.59 Å². The van der Waals surface area contributed by atoms with E-state index >= 15 is 0 Å². The molecule has 0 aliphatic rings. The van der Waals surface area contributed by atoms with Crippen LogP contribution in [0.15, 0.2) is 54.6 Å². The summed E-state index contributed by atoms with van der Waals surface area (Å²) in [4.78, 5) is 126. The van der Waals surface area contributed by atoms with Crippen LogP contribution in [-0.4, -0.2) is 123 Å². The molecule has 6 atom stereocenters. The van der Waals surface area contributed by atoms with Gasteiger partial charge in [0, 0.05) is 19.3 Å². The van der Waals surface area contributed by atoms with Gasteiger partial charge in [0.15, 0.2) is 0 Å². The lowest BCUT2D eigenvalue weighted by Gasteiger charge is -2.27. The molecule has 0 saturated heterocycles. The predicted octanol–water partition coefficient (Wildman–Crippen LogP) is -0.330. The molecule has 22 heteroatoms. The zero-order chi connectivity index (χ0) is 47.2. The molecule has 7 amide bonds. The number of alkyl carbamates (subject to hydrolysis) is 1. The van der Waals surface area contributed by atoms with Crippen LogP contribution >= 0.6 is 0 Å². The van der Waals surface area contributed by atoms with Gasteiger partial charge < -0.3 is 62.4 Å². The number of carboxylic acid groups (broad SMARTS) is 3. The van der Waals surface area contributed by atoms with Crippen LogP contribution in [0, 0.1) is 5.92 Å². The Balaban J connectivity index is 2.11. The largest absolute Gasteiger partial charge is 0.508 e. The number of carboxylic acids is 3. The number of aromatic hydroxyl groups is 1. The van der Waals surface area contributed by atoms with E-state index in [4.69, 9.17) is 9.84 Å². The molecule has 0 aliphatic carbocycles. The number of ether oxygens (including phenoxy) is 1. The van der Waals surface area contributed by atoms with E-state index in [0.29, 0.717) is 11.1 Å². The molecule has 0 saturated carbocycles. The van der Waals surface area contributed by atoms with Crippen LogP contribution in [0.25, 0.3) is 0 Å². The van der Waals surface area contributed by atoms with Gasteiger partial charge in [-0.1, -0.05) is 56.3 Å². The van der Waals surface area contributed by atoms with Crippen molar-refractivity contribution in [3.05, 3.63) is 65.7 Å². The summed E-state index contributed by atoms with van der Waals surface area (Å²) in [6.07, 6.45) is -3.16. The van der Waals surface area contributed by atoms with Gasteiger partial charge in [-0.3, -0.25) is 38.4 Å². The molecule has 2 aromatic rings. The van der Waals surface area contributed by atoms with Gasteiger partial charge in [0.2, 0.25) is 35.4 Å². The van der Waals surface area contributed by atoms with E-state index < -0.39 is 128 Å². The summed E-state index contributed by atoms with van der Waals surface area (Å²) in [6.45, 7) is 5.30. The van der Waals surface area contributed by atoms with Gasteiger partial charge in [0.1, 0.15) is 48.6 Å². The van der Waals surface area contributed by atoms with E-state index in [1.807, 2.05) is 0 Å². The van der Waals surface area contributed by atoms with E-state index in [0.717, 1.165) is 0 Å². The van der Waals surface area contributed by atoms with Crippen molar-refractivity contribution in [3.63, 3.8) is 0 Å². The molecule has 22 nitrogen and oxygen atoms in total. The van der Waals surface area contributed by atoms with Crippen molar-refractivity contribution in [1.82, 2.24) is 37.2 Å². The summed E-state index contributed by atoms with van der Waals surface area (Å²) in [6, 6.07) is 5.85. The monoisotopic (exact) mass is 885 g/mol. The molecule has 344 valence electrons. The summed E-state index contributed by atoms with van der Waals surface area (Å²) in [5, 5.41) is 54.1. The summed E-state index contributed by atoms with van der Waals surface area (Å²) in [5.41, 5.74) is 1.14. The Hall–Kier alpha value is -7.26. The molecule has 0 heterocycles. The van der Waals surface area contributed by atoms with E-state index in [1.165, 1.54) is 38.1 Å². The smallest absolute Gasteiger partial charge is 0.408 e. The van der Waals surface area contributed by atoms with Gasteiger partial charge in [0.05, 0.1) is 6.54 Å². The zero-order valence-corrected chi connectivity index (χ0v) is 35.2. The maximum absolute atomic E-state index is 13.7. The van der Waals surface area contributed by atoms with E-state index in [1.54, 1.807) is 44.2 Å². The third-order valence-corrected chi connectivity index (χ3v) is 9.02. The lowest BCUT2D eigenvalue weighted by Crippen LogP contribution is -2.59. The number of hydrogen-bond donors (Lipinski definition) is 11. The molecule has 0 fully saturated rings. The van der Waals surface area contributed by atoms with Crippen LogP contribution in [0.5, 0.6) is 5.75 Å². The maximum Gasteiger partial charge on any atom is 0.408 e. The second kappa shape index (κ2) is 26.2. The normalized spacial score (nSPS) is 13.6. The number of phenolic OH excluding ortho intramolecular Hbond substituents is 1. The van der Waals surface area contributed by atoms with Crippen LogP contribution in [0.3, 0.4) is 0 Å². The van der Waals surface area contributed by atoms with E-state index in [2.05, 4.69) is 37.2 Å². The Morgan fingerprint density at radius 3 is 1.65 bits per heavy atom. The maximum atomic E-state index is 13.7. The fraction of sp³-hybridized carbons (Fsp3) is 0.463. The van der Waals surface area contributed by atoms with E-state index in [9.17, 15) is 63.3 Å². The Morgan fingerprint density at radius 1 is 0.556 bits per heavy atom. The molecule has 0 unspecified atom stereocenters. The summed E-state index contributed by atoms with van der Waals surface area (Å²) < 4.78 is 5.07. The van der Waals surface area contributed by atoms with Crippen LogP contribution in [-0.2, 0) is 60.9 Å². The number of carbonyl (C=O) groups is 10. The minimum absolute atomic E-state index is 0.00811. The molecule has 2 aromatic carbocycles. The van der Waals surface area contributed by atoms with Crippen molar-refractivity contribution >= 4 is 59.4 Å². The highest BCUT2D eigenvalue weighted by molar-refractivity contribution is 5.96. The Kier molecular flexibility index (Phi) is 21.5. The average molecular weight is 886 g/mol. The van der Waals surface area contributed by atoms with Crippen molar-refractivity contribution in [2.45, 2.75) is 109 Å². The lowest BCUT2D eigenvalue weighted by atomic mass is 10.00. The first-order chi connectivity index (χ1) is 29.6. The number of rotatable bonds is 26. The number of carbonyl (C=O) groups excluding carboxylic acids is 7. The highest BCUT2D eigenvalue weighted by Crippen LogP contribution is 2.13. The second-order valence-electron chi connectivity index (χ2n) is 14.9. The minimum atomic E-state index is -1.62. The summed E-state index contributed by atoms with van der Waals surface area (Å²) in [7, 11) is 0. The number of hydrogen-bond acceptors (Lipinski definition) is 12.